The lowest BCUT2D eigenvalue weighted by atomic mass is 9.90. The molecule has 1 amide bonds. The zero-order valence-electron chi connectivity index (χ0n) is 21.1. The number of benzene rings is 2. The van der Waals surface area contributed by atoms with Gasteiger partial charge in [0.2, 0.25) is 5.17 Å². The number of ether oxygens (including phenoxy) is 1. The van der Waals surface area contributed by atoms with E-state index in [9.17, 15) is 4.79 Å². The van der Waals surface area contributed by atoms with Crippen LogP contribution >= 0.6 is 23.4 Å². The van der Waals surface area contributed by atoms with E-state index in [-0.39, 0.29) is 11.4 Å². The minimum Gasteiger partial charge on any atom is -0.492 e. The molecule has 6 rings (SSSR count). The zero-order valence-corrected chi connectivity index (χ0v) is 22.7. The number of hydrogen-bond acceptors (Lipinski definition) is 5. The van der Waals surface area contributed by atoms with Gasteiger partial charge in [-0.1, -0.05) is 49.1 Å². The van der Waals surface area contributed by atoms with Gasteiger partial charge < -0.3 is 9.30 Å². The number of thioether (sulfide) groups is 1. The molecular formula is C29H28ClN5O2S. The van der Waals surface area contributed by atoms with Gasteiger partial charge in [-0.25, -0.2) is 0 Å². The highest BCUT2D eigenvalue weighted by Gasteiger charge is 2.38. The molecule has 9 heteroatoms. The number of aromatic nitrogens is 1. The number of amidine groups is 2. The lowest BCUT2D eigenvalue weighted by Gasteiger charge is -2.20. The van der Waals surface area contributed by atoms with Gasteiger partial charge in [0.15, 0.2) is 5.84 Å². The minimum atomic E-state index is -0.396. The molecule has 7 nitrogen and oxygen atoms in total. The summed E-state index contributed by atoms with van der Waals surface area (Å²) in [4.78, 5) is 17.3. The molecule has 0 bridgehead atoms. The first kappa shape index (κ1) is 24.9. The molecule has 3 heterocycles. The normalized spacial score (nSPS) is 19.2. The average Bonchev–Trinajstić information content (AvgIpc) is 3.51. The summed E-state index contributed by atoms with van der Waals surface area (Å²) in [5.41, 5.74) is 3.11. The van der Waals surface area contributed by atoms with Gasteiger partial charge in [0.1, 0.15) is 17.4 Å². The van der Waals surface area contributed by atoms with Crippen LogP contribution in [-0.4, -0.2) is 38.1 Å². The van der Waals surface area contributed by atoms with Crippen LogP contribution in [0.2, 0.25) is 5.02 Å². The summed E-state index contributed by atoms with van der Waals surface area (Å²) in [5, 5.41) is 18.3. The van der Waals surface area contributed by atoms with Crippen molar-refractivity contribution in [3.05, 3.63) is 70.4 Å². The van der Waals surface area contributed by atoms with Gasteiger partial charge in [0.05, 0.1) is 12.1 Å². The second-order valence-corrected chi connectivity index (χ2v) is 11.2. The van der Waals surface area contributed by atoms with Gasteiger partial charge in [-0.05, 0) is 67.4 Å². The van der Waals surface area contributed by atoms with Gasteiger partial charge >= 0.3 is 0 Å². The number of halogens is 1. The Morgan fingerprint density at radius 2 is 2.00 bits per heavy atom. The third-order valence-electron chi connectivity index (χ3n) is 7.27. The van der Waals surface area contributed by atoms with Crippen LogP contribution in [0, 0.1) is 18.3 Å². The van der Waals surface area contributed by atoms with E-state index in [1.165, 1.54) is 36.0 Å². The molecule has 1 N–H and O–H groups in total. The van der Waals surface area contributed by atoms with Crippen molar-refractivity contribution in [1.29, 1.82) is 5.41 Å². The number of carbonyl (C=O) groups excluding carboxylic acids is 1. The van der Waals surface area contributed by atoms with Crippen LogP contribution in [0.4, 0.5) is 0 Å². The van der Waals surface area contributed by atoms with Gasteiger partial charge in [0, 0.05) is 33.6 Å². The highest BCUT2D eigenvalue weighted by molar-refractivity contribution is 8.27. The fraction of sp³-hybridized carbons (Fsp3) is 0.310. The van der Waals surface area contributed by atoms with Crippen molar-refractivity contribution in [2.75, 3.05) is 6.61 Å². The van der Waals surface area contributed by atoms with Crippen LogP contribution in [0.25, 0.3) is 17.0 Å². The van der Waals surface area contributed by atoms with Crippen molar-refractivity contribution in [2.24, 2.45) is 16.0 Å². The van der Waals surface area contributed by atoms with Crippen LogP contribution < -0.4 is 4.74 Å². The Hall–Kier alpha value is -3.36. The number of hydrazone groups is 1. The van der Waals surface area contributed by atoms with Crippen LogP contribution in [0.3, 0.4) is 0 Å². The number of para-hydroxylation sites is 1. The summed E-state index contributed by atoms with van der Waals surface area (Å²) in [6, 6.07) is 13.7. The predicted molar refractivity (Wildman–Crippen MR) is 155 cm³/mol. The number of rotatable bonds is 6. The highest BCUT2D eigenvalue weighted by atomic mass is 35.5. The first-order chi connectivity index (χ1) is 18.5. The predicted octanol–water partition coefficient (Wildman–Crippen LogP) is 6.88. The lowest BCUT2D eigenvalue weighted by molar-refractivity contribution is -0.114. The van der Waals surface area contributed by atoms with Gasteiger partial charge in [-0.2, -0.15) is 15.1 Å². The van der Waals surface area contributed by atoms with Crippen LogP contribution in [-0.2, 0) is 11.3 Å². The average molecular weight is 546 g/mol. The van der Waals surface area contributed by atoms with Gasteiger partial charge in [0.25, 0.3) is 5.91 Å². The first-order valence-corrected chi connectivity index (χ1v) is 14.1. The second kappa shape index (κ2) is 10.4. The topological polar surface area (TPSA) is 83.0 Å². The lowest BCUT2D eigenvalue weighted by Crippen LogP contribution is -2.35. The second-order valence-electron chi connectivity index (χ2n) is 9.85. The molecule has 3 aromatic rings. The number of amides is 1. The molecule has 194 valence electrons. The molecule has 3 aliphatic rings. The van der Waals surface area contributed by atoms with Gasteiger partial charge in [-0.15, -0.1) is 0 Å². The van der Waals surface area contributed by atoms with Gasteiger partial charge in [-0.3, -0.25) is 10.2 Å². The highest BCUT2D eigenvalue weighted by Crippen LogP contribution is 2.36. The Balaban J connectivity index is 1.25. The fourth-order valence-electron chi connectivity index (χ4n) is 5.22. The summed E-state index contributed by atoms with van der Waals surface area (Å²) >= 11 is 7.57. The first-order valence-electron chi connectivity index (χ1n) is 12.9. The molecule has 2 aliphatic heterocycles. The van der Waals surface area contributed by atoms with E-state index in [2.05, 4.69) is 9.56 Å². The molecule has 0 atom stereocenters. The maximum Gasteiger partial charge on any atom is 0.283 e. The smallest absolute Gasteiger partial charge is 0.283 e. The molecule has 1 aliphatic carbocycles. The van der Waals surface area contributed by atoms with E-state index in [4.69, 9.17) is 26.8 Å². The molecule has 0 spiro atoms. The Kier molecular flexibility index (Phi) is 6.84. The summed E-state index contributed by atoms with van der Waals surface area (Å²) in [6.45, 7) is 3.05. The Morgan fingerprint density at radius 3 is 2.82 bits per heavy atom. The summed E-state index contributed by atoms with van der Waals surface area (Å²) < 4.78 is 8.08. The molecule has 0 saturated heterocycles. The maximum absolute atomic E-state index is 13.0. The van der Waals surface area contributed by atoms with E-state index in [0.29, 0.717) is 29.3 Å². The van der Waals surface area contributed by atoms with Crippen molar-refractivity contribution >= 4 is 62.3 Å². The largest absolute Gasteiger partial charge is 0.492 e. The molecular weight excluding hydrogens is 518 g/mol. The Morgan fingerprint density at radius 1 is 1.18 bits per heavy atom. The number of nitrogens with one attached hydrogen (secondary N) is 1. The number of carbonyl (C=O) groups is 1. The standard InChI is InChI=1S/C29H28ClN5O2S/c1-18-15-21(11-12-24(18)30)37-14-13-34-17-20(22-9-5-6-10-25(22)34)16-23-26(31)35-29(32-27(23)36)38-28(33-35)19-7-3-2-4-8-19/h5-6,9-12,15-17,19,31H,2-4,7-8,13-14H2,1H3/b23-16-,31-26?. The van der Waals surface area contributed by atoms with E-state index in [0.717, 1.165) is 45.7 Å². The zero-order chi connectivity index (χ0) is 26.2. The van der Waals surface area contributed by atoms with Crippen molar-refractivity contribution in [3.8, 4) is 5.75 Å². The van der Waals surface area contributed by atoms with E-state index in [1.54, 1.807) is 6.08 Å². The van der Waals surface area contributed by atoms with Crippen molar-refractivity contribution in [2.45, 2.75) is 45.6 Å². The number of fused-ring (bicyclic) bond motifs is 2. The van der Waals surface area contributed by atoms with E-state index >= 15 is 0 Å². The SMILES string of the molecule is Cc1cc(OCCn2cc(/C=C3/C(=N)N4N=C(C5CCCCC5)SC4=NC3=O)c3ccccc32)ccc1Cl. The Labute approximate surface area is 230 Å². The van der Waals surface area contributed by atoms with E-state index in [1.807, 2.05) is 55.6 Å². The molecule has 0 radical (unpaired) electrons. The third-order valence-corrected chi connectivity index (χ3v) is 8.77. The van der Waals surface area contributed by atoms with Crippen LogP contribution in [0.1, 0.15) is 43.2 Å². The Bertz CT molecular complexity index is 1530. The molecule has 0 unspecified atom stereocenters. The number of nitrogens with zero attached hydrogens (tertiary/aromatic N) is 4. The van der Waals surface area contributed by atoms with Crippen LogP contribution in [0.15, 0.2) is 64.3 Å². The van der Waals surface area contributed by atoms with Crippen LogP contribution in [0.5, 0.6) is 5.75 Å². The minimum absolute atomic E-state index is 0.0802. The summed E-state index contributed by atoms with van der Waals surface area (Å²) in [6.07, 6.45) is 9.66. The quantitative estimate of drug-likeness (QED) is 0.342. The maximum atomic E-state index is 13.0. The molecule has 1 aromatic heterocycles. The molecule has 2 aromatic carbocycles. The van der Waals surface area contributed by atoms with Crippen molar-refractivity contribution in [1.82, 2.24) is 9.58 Å². The van der Waals surface area contributed by atoms with E-state index < -0.39 is 5.91 Å². The molecule has 38 heavy (non-hydrogen) atoms. The number of hydrogen-bond donors (Lipinski definition) is 1. The monoisotopic (exact) mass is 545 g/mol. The van der Waals surface area contributed by atoms with Crippen molar-refractivity contribution < 1.29 is 9.53 Å². The number of aliphatic imine (C=N–C) groups is 1. The summed E-state index contributed by atoms with van der Waals surface area (Å²) in [5.74, 6) is 0.857. The fourth-order valence-corrected chi connectivity index (χ4v) is 6.40. The summed E-state index contributed by atoms with van der Waals surface area (Å²) in [7, 11) is 0. The molecule has 1 saturated carbocycles. The molecule has 1 fully saturated rings. The third kappa shape index (κ3) is 4.78. The number of aryl methyl sites for hydroxylation is 1. The van der Waals surface area contributed by atoms with Crippen molar-refractivity contribution in [3.63, 3.8) is 0 Å².